The van der Waals surface area contributed by atoms with Crippen molar-refractivity contribution in [3.63, 3.8) is 0 Å². The monoisotopic (exact) mass is 297 g/mol. The minimum absolute atomic E-state index is 0.869. The Morgan fingerprint density at radius 2 is 2.00 bits per heavy atom. The summed E-state index contributed by atoms with van der Waals surface area (Å²) in [4.78, 5) is 0. The molecule has 0 aromatic carbocycles. The Labute approximate surface area is 94.9 Å². The van der Waals surface area contributed by atoms with E-state index >= 15 is 0 Å². The second-order valence-electron chi connectivity index (χ2n) is 3.66. The molecule has 1 saturated heterocycles. The zero-order valence-electron chi connectivity index (χ0n) is 8.23. The Morgan fingerprint density at radius 1 is 1.23 bits per heavy atom. The van der Waals surface area contributed by atoms with Gasteiger partial charge >= 0.3 is 0 Å². The molecule has 0 radical (unpaired) electrons. The normalized spacial score (nSPS) is 19.2. The molecule has 0 atom stereocenters. The van der Waals surface area contributed by atoms with Crippen LogP contribution >= 0.6 is 22.6 Å². The van der Waals surface area contributed by atoms with Crippen LogP contribution in [0.25, 0.3) is 0 Å². The highest BCUT2D eigenvalue weighted by atomic mass is 127. The van der Waals surface area contributed by atoms with Crippen molar-refractivity contribution in [1.29, 1.82) is 0 Å². The fourth-order valence-electron chi connectivity index (χ4n) is 1.60. The van der Waals surface area contributed by atoms with Gasteiger partial charge in [-0.3, -0.25) is 0 Å². The Morgan fingerprint density at radius 3 is 2.69 bits per heavy atom. The first-order valence-electron chi connectivity index (χ1n) is 5.28. The number of ether oxygens (including phenoxy) is 1. The highest BCUT2D eigenvalue weighted by Crippen LogP contribution is 2.12. The molecule has 0 aromatic rings. The maximum Gasteiger partial charge on any atom is 0.0469 e. The second kappa shape index (κ2) is 8.00. The average Bonchev–Trinajstić information content (AvgIpc) is 2.19. The van der Waals surface area contributed by atoms with Crippen LogP contribution in [0.3, 0.4) is 0 Å². The summed E-state index contributed by atoms with van der Waals surface area (Å²) in [5, 5.41) is 3.53. The highest BCUT2D eigenvalue weighted by molar-refractivity contribution is 14.1. The Hall–Kier alpha value is 0.650. The maximum absolute atomic E-state index is 5.32. The second-order valence-corrected chi connectivity index (χ2v) is 4.73. The van der Waals surface area contributed by atoms with Gasteiger partial charge in [0.1, 0.15) is 0 Å². The van der Waals surface area contributed by atoms with Crippen LogP contribution in [0.1, 0.15) is 25.7 Å². The summed E-state index contributed by atoms with van der Waals surface area (Å²) >= 11 is 2.44. The molecule has 0 amide bonds. The van der Waals surface area contributed by atoms with Gasteiger partial charge in [-0.05, 0) is 49.1 Å². The summed E-state index contributed by atoms with van der Waals surface area (Å²) in [5.74, 6) is 0.869. The van der Waals surface area contributed by atoms with Gasteiger partial charge in [0.15, 0.2) is 0 Å². The lowest BCUT2D eigenvalue weighted by Gasteiger charge is -2.22. The molecule has 1 heterocycles. The molecule has 1 rings (SSSR count). The number of alkyl halides is 1. The predicted octanol–water partition coefficient (Wildman–Crippen LogP) is 2.22. The number of halogens is 1. The van der Waals surface area contributed by atoms with E-state index in [1.165, 1.54) is 43.2 Å². The van der Waals surface area contributed by atoms with Gasteiger partial charge < -0.3 is 10.1 Å². The first-order valence-corrected chi connectivity index (χ1v) is 6.80. The predicted molar refractivity (Wildman–Crippen MR) is 64.5 cm³/mol. The van der Waals surface area contributed by atoms with Crippen molar-refractivity contribution in [2.75, 3.05) is 30.7 Å². The van der Waals surface area contributed by atoms with Crippen LogP contribution in [-0.2, 0) is 4.74 Å². The summed E-state index contributed by atoms with van der Waals surface area (Å²) < 4.78 is 6.60. The van der Waals surface area contributed by atoms with Crippen molar-refractivity contribution in [2.45, 2.75) is 25.7 Å². The van der Waals surface area contributed by atoms with Crippen molar-refractivity contribution in [2.24, 2.45) is 5.92 Å². The van der Waals surface area contributed by atoms with E-state index in [-0.39, 0.29) is 0 Å². The van der Waals surface area contributed by atoms with Crippen molar-refractivity contribution in [3.8, 4) is 0 Å². The smallest absolute Gasteiger partial charge is 0.0469 e. The molecule has 3 heteroatoms. The van der Waals surface area contributed by atoms with Crippen LogP contribution in [-0.4, -0.2) is 30.7 Å². The summed E-state index contributed by atoms with van der Waals surface area (Å²) in [6.07, 6.45) is 5.17. The van der Waals surface area contributed by atoms with Crippen LogP contribution < -0.4 is 5.32 Å². The van der Waals surface area contributed by atoms with Gasteiger partial charge in [0.05, 0.1) is 0 Å². The largest absolute Gasteiger partial charge is 0.381 e. The van der Waals surface area contributed by atoms with E-state index in [0.29, 0.717) is 0 Å². The van der Waals surface area contributed by atoms with E-state index < -0.39 is 0 Å². The van der Waals surface area contributed by atoms with E-state index in [4.69, 9.17) is 4.74 Å². The third-order valence-electron chi connectivity index (χ3n) is 2.51. The minimum atomic E-state index is 0.869. The molecule has 13 heavy (non-hydrogen) atoms. The standard InChI is InChI=1S/C10H20INO/c11-5-1-2-6-12-9-10-3-7-13-8-4-10/h10,12H,1-9H2. The number of unbranched alkanes of at least 4 members (excludes halogenated alkanes) is 1. The fraction of sp³-hybridized carbons (Fsp3) is 1.00. The summed E-state index contributed by atoms with van der Waals surface area (Å²) in [6, 6.07) is 0. The van der Waals surface area contributed by atoms with Crippen molar-refractivity contribution < 1.29 is 4.74 Å². The van der Waals surface area contributed by atoms with E-state index in [2.05, 4.69) is 27.9 Å². The molecule has 1 aliphatic heterocycles. The molecule has 0 saturated carbocycles. The first kappa shape index (κ1) is 11.7. The Kier molecular flexibility index (Phi) is 7.21. The topological polar surface area (TPSA) is 21.3 Å². The molecule has 0 spiro atoms. The van der Waals surface area contributed by atoms with Gasteiger partial charge in [0.2, 0.25) is 0 Å². The van der Waals surface area contributed by atoms with E-state index in [9.17, 15) is 0 Å². The number of rotatable bonds is 6. The lowest BCUT2D eigenvalue weighted by atomic mass is 10.0. The molecule has 1 fully saturated rings. The SMILES string of the molecule is ICCCCNCC1CCOCC1. The Bertz CT molecular complexity index is 115. The number of nitrogens with one attached hydrogen (secondary N) is 1. The third-order valence-corrected chi connectivity index (χ3v) is 3.27. The molecule has 0 aromatic heterocycles. The van der Waals surface area contributed by atoms with Crippen LogP contribution in [0.15, 0.2) is 0 Å². The molecular weight excluding hydrogens is 277 g/mol. The van der Waals surface area contributed by atoms with Crippen LogP contribution in [0.5, 0.6) is 0 Å². The molecule has 0 aliphatic carbocycles. The summed E-state index contributed by atoms with van der Waals surface area (Å²) in [6.45, 7) is 4.34. The molecule has 2 nitrogen and oxygen atoms in total. The molecule has 0 unspecified atom stereocenters. The van der Waals surface area contributed by atoms with E-state index in [0.717, 1.165) is 19.1 Å². The lowest BCUT2D eigenvalue weighted by molar-refractivity contribution is 0.0663. The van der Waals surface area contributed by atoms with Gasteiger partial charge in [0.25, 0.3) is 0 Å². The number of hydrogen-bond donors (Lipinski definition) is 1. The molecule has 1 aliphatic rings. The zero-order chi connectivity index (χ0) is 9.36. The van der Waals surface area contributed by atoms with Crippen molar-refractivity contribution >= 4 is 22.6 Å². The van der Waals surface area contributed by atoms with Gasteiger partial charge in [-0.2, -0.15) is 0 Å². The molecular formula is C10H20INO. The lowest BCUT2D eigenvalue weighted by Crippen LogP contribution is -2.28. The number of hydrogen-bond acceptors (Lipinski definition) is 2. The van der Waals surface area contributed by atoms with Gasteiger partial charge in [-0.1, -0.05) is 22.6 Å². The minimum Gasteiger partial charge on any atom is -0.381 e. The fourth-order valence-corrected chi connectivity index (χ4v) is 2.14. The molecule has 78 valence electrons. The molecule has 0 bridgehead atoms. The van der Waals surface area contributed by atoms with E-state index in [1.807, 2.05) is 0 Å². The van der Waals surface area contributed by atoms with Crippen molar-refractivity contribution in [1.82, 2.24) is 5.32 Å². The van der Waals surface area contributed by atoms with Crippen LogP contribution in [0.2, 0.25) is 0 Å². The summed E-state index contributed by atoms with van der Waals surface area (Å²) in [7, 11) is 0. The van der Waals surface area contributed by atoms with Gasteiger partial charge in [0, 0.05) is 13.2 Å². The van der Waals surface area contributed by atoms with Gasteiger partial charge in [-0.15, -0.1) is 0 Å². The summed E-state index contributed by atoms with van der Waals surface area (Å²) in [5.41, 5.74) is 0. The molecule has 1 N–H and O–H groups in total. The Balaban J connectivity index is 1.86. The van der Waals surface area contributed by atoms with Gasteiger partial charge in [-0.25, -0.2) is 0 Å². The first-order chi connectivity index (χ1) is 6.43. The highest BCUT2D eigenvalue weighted by Gasteiger charge is 2.12. The quantitative estimate of drug-likeness (QED) is 0.461. The van der Waals surface area contributed by atoms with Crippen molar-refractivity contribution in [3.05, 3.63) is 0 Å². The average molecular weight is 297 g/mol. The maximum atomic E-state index is 5.32. The third kappa shape index (κ3) is 5.86. The van der Waals surface area contributed by atoms with E-state index in [1.54, 1.807) is 0 Å². The van der Waals surface area contributed by atoms with Crippen LogP contribution in [0.4, 0.5) is 0 Å². The zero-order valence-corrected chi connectivity index (χ0v) is 10.4. The van der Waals surface area contributed by atoms with Crippen LogP contribution in [0, 0.1) is 5.92 Å².